The maximum absolute atomic E-state index is 5.38. The molecule has 2 unspecified atom stereocenters. The zero-order valence-electron chi connectivity index (χ0n) is 9.84. The highest BCUT2D eigenvalue weighted by atomic mass is 16.5. The second-order valence-corrected chi connectivity index (χ2v) is 4.67. The van der Waals surface area contributed by atoms with E-state index >= 15 is 0 Å². The average Bonchev–Trinajstić information content (AvgIpc) is 2.68. The monoisotopic (exact) mass is 218 g/mol. The molecule has 1 aromatic rings. The SMILES string of the molecule is COC1C=Cc2c([nH]c3c2CCNC3C)C1. The molecule has 86 valence electrons. The predicted molar refractivity (Wildman–Crippen MR) is 64.4 cm³/mol. The lowest BCUT2D eigenvalue weighted by atomic mass is 9.94. The fourth-order valence-electron chi connectivity index (χ4n) is 2.78. The third-order valence-electron chi connectivity index (χ3n) is 3.71. The van der Waals surface area contributed by atoms with Crippen molar-refractivity contribution in [3.63, 3.8) is 0 Å². The molecule has 0 amide bonds. The van der Waals surface area contributed by atoms with Crippen molar-refractivity contribution in [3.8, 4) is 0 Å². The highest BCUT2D eigenvalue weighted by molar-refractivity contribution is 5.62. The van der Waals surface area contributed by atoms with Crippen LogP contribution in [0.5, 0.6) is 0 Å². The molecule has 2 heterocycles. The molecule has 3 rings (SSSR count). The van der Waals surface area contributed by atoms with E-state index in [-0.39, 0.29) is 6.10 Å². The number of aromatic nitrogens is 1. The summed E-state index contributed by atoms with van der Waals surface area (Å²) >= 11 is 0. The summed E-state index contributed by atoms with van der Waals surface area (Å²) in [5.74, 6) is 0. The zero-order chi connectivity index (χ0) is 11.1. The molecule has 1 aromatic heterocycles. The quantitative estimate of drug-likeness (QED) is 0.754. The van der Waals surface area contributed by atoms with E-state index < -0.39 is 0 Å². The van der Waals surface area contributed by atoms with Crippen LogP contribution >= 0.6 is 0 Å². The van der Waals surface area contributed by atoms with Crippen molar-refractivity contribution in [1.29, 1.82) is 0 Å². The third-order valence-corrected chi connectivity index (χ3v) is 3.71. The number of hydrogen-bond acceptors (Lipinski definition) is 2. The first-order valence-corrected chi connectivity index (χ1v) is 5.97. The van der Waals surface area contributed by atoms with Gasteiger partial charge in [0.05, 0.1) is 6.10 Å². The van der Waals surface area contributed by atoms with E-state index in [2.05, 4.69) is 29.4 Å². The van der Waals surface area contributed by atoms with Gasteiger partial charge in [0.25, 0.3) is 0 Å². The number of aromatic amines is 1. The Morgan fingerprint density at radius 3 is 3.12 bits per heavy atom. The van der Waals surface area contributed by atoms with E-state index in [1.807, 2.05) is 0 Å². The van der Waals surface area contributed by atoms with Gasteiger partial charge in [-0.3, -0.25) is 0 Å². The number of nitrogens with one attached hydrogen (secondary N) is 2. The second-order valence-electron chi connectivity index (χ2n) is 4.67. The Labute approximate surface area is 95.9 Å². The number of H-pyrrole nitrogens is 1. The van der Waals surface area contributed by atoms with E-state index in [1.165, 1.54) is 22.5 Å². The fraction of sp³-hybridized carbons (Fsp3) is 0.538. The lowest BCUT2D eigenvalue weighted by Gasteiger charge is -2.21. The Hall–Kier alpha value is -1.06. The summed E-state index contributed by atoms with van der Waals surface area (Å²) in [6.07, 6.45) is 6.73. The van der Waals surface area contributed by atoms with Crippen LogP contribution in [-0.2, 0) is 17.6 Å². The summed E-state index contributed by atoms with van der Waals surface area (Å²) in [6, 6.07) is 0.448. The first-order chi connectivity index (χ1) is 7.79. The van der Waals surface area contributed by atoms with Crippen molar-refractivity contribution < 1.29 is 4.74 Å². The number of ether oxygens (including phenoxy) is 1. The van der Waals surface area contributed by atoms with E-state index in [0.29, 0.717) is 6.04 Å². The van der Waals surface area contributed by atoms with Gasteiger partial charge in [-0.15, -0.1) is 0 Å². The van der Waals surface area contributed by atoms with Gasteiger partial charge in [-0.05, 0) is 31.0 Å². The van der Waals surface area contributed by atoms with Crippen LogP contribution in [0.25, 0.3) is 6.08 Å². The van der Waals surface area contributed by atoms with Crippen LogP contribution in [0.3, 0.4) is 0 Å². The van der Waals surface area contributed by atoms with Gasteiger partial charge in [-0.1, -0.05) is 12.2 Å². The Balaban J connectivity index is 2.03. The summed E-state index contributed by atoms with van der Waals surface area (Å²) in [4.78, 5) is 3.57. The molecular weight excluding hydrogens is 200 g/mol. The highest BCUT2D eigenvalue weighted by Gasteiger charge is 2.25. The molecule has 0 bridgehead atoms. The molecule has 16 heavy (non-hydrogen) atoms. The van der Waals surface area contributed by atoms with E-state index in [4.69, 9.17) is 4.74 Å². The molecule has 0 aromatic carbocycles. The summed E-state index contributed by atoms with van der Waals surface area (Å²) in [5.41, 5.74) is 5.64. The normalized spacial score (nSPS) is 27.6. The van der Waals surface area contributed by atoms with E-state index in [9.17, 15) is 0 Å². The molecule has 0 saturated heterocycles. The van der Waals surface area contributed by atoms with Crippen LogP contribution < -0.4 is 5.32 Å². The summed E-state index contributed by atoms with van der Waals surface area (Å²) in [7, 11) is 1.77. The van der Waals surface area contributed by atoms with Crippen molar-refractivity contribution in [3.05, 3.63) is 28.6 Å². The van der Waals surface area contributed by atoms with Gasteiger partial charge in [0.15, 0.2) is 0 Å². The Bertz CT molecular complexity index is 433. The molecule has 2 aliphatic rings. The van der Waals surface area contributed by atoms with Crippen molar-refractivity contribution in [2.24, 2.45) is 0 Å². The Morgan fingerprint density at radius 1 is 1.44 bits per heavy atom. The second kappa shape index (κ2) is 3.75. The molecule has 1 aliphatic heterocycles. The lowest BCUT2D eigenvalue weighted by molar-refractivity contribution is 0.140. The zero-order valence-corrected chi connectivity index (χ0v) is 9.84. The van der Waals surface area contributed by atoms with E-state index in [1.54, 1.807) is 7.11 Å². The van der Waals surface area contributed by atoms with Gasteiger partial charge in [0.2, 0.25) is 0 Å². The van der Waals surface area contributed by atoms with Gasteiger partial charge >= 0.3 is 0 Å². The first-order valence-electron chi connectivity index (χ1n) is 5.97. The van der Waals surface area contributed by atoms with Crippen LogP contribution in [0.4, 0.5) is 0 Å². The molecule has 0 saturated carbocycles. The minimum Gasteiger partial charge on any atom is -0.377 e. The number of fused-ring (bicyclic) bond motifs is 3. The fourth-order valence-corrected chi connectivity index (χ4v) is 2.78. The Kier molecular flexibility index (Phi) is 2.37. The molecule has 3 heteroatoms. The molecule has 2 atom stereocenters. The summed E-state index contributed by atoms with van der Waals surface area (Å²) in [5, 5.41) is 3.49. The number of rotatable bonds is 1. The highest BCUT2D eigenvalue weighted by Crippen LogP contribution is 2.31. The topological polar surface area (TPSA) is 37.0 Å². The van der Waals surface area contributed by atoms with Crippen LogP contribution in [0.15, 0.2) is 6.08 Å². The molecular formula is C13H18N2O. The molecule has 1 aliphatic carbocycles. The van der Waals surface area contributed by atoms with Gasteiger partial charge in [0, 0.05) is 31.0 Å². The third kappa shape index (κ3) is 1.43. The molecule has 2 N–H and O–H groups in total. The summed E-state index contributed by atoms with van der Waals surface area (Å²) in [6.45, 7) is 3.30. The lowest BCUT2D eigenvalue weighted by Crippen LogP contribution is -2.27. The minimum atomic E-state index is 0.232. The molecule has 3 nitrogen and oxygen atoms in total. The van der Waals surface area contributed by atoms with Crippen molar-refractivity contribution in [2.75, 3.05) is 13.7 Å². The number of hydrogen-bond donors (Lipinski definition) is 2. The van der Waals surface area contributed by atoms with Gasteiger partial charge in [-0.25, -0.2) is 0 Å². The van der Waals surface area contributed by atoms with Crippen LogP contribution in [0.1, 0.15) is 35.5 Å². The van der Waals surface area contributed by atoms with E-state index in [0.717, 1.165) is 19.4 Å². The molecule has 0 spiro atoms. The van der Waals surface area contributed by atoms with Gasteiger partial charge < -0.3 is 15.0 Å². The minimum absolute atomic E-state index is 0.232. The molecule has 0 radical (unpaired) electrons. The maximum atomic E-state index is 5.38. The maximum Gasteiger partial charge on any atom is 0.0810 e. The van der Waals surface area contributed by atoms with Crippen molar-refractivity contribution >= 4 is 6.08 Å². The predicted octanol–water partition coefficient (Wildman–Crippen LogP) is 1.81. The van der Waals surface area contributed by atoms with Crippen molar-refractivity contribution in [2.45, 2.75) is 31.9 Å². The molecule has 0 fully saturated rings. The summed E-state index contributed by atoms with van der Waals surface area (Å²) < 4.78 is 5.38. The van der Waals surface area contributed by atoms with Crippen LogP contribution in [0.2, 0.25) is 0 Å². The van der Waals surface area contributed by atoms with Crippen LogP contribution in [0, 0.1) is 0 Å². The van der Waals surface area contributed by atoms with Gasteiger partial charge in [0.1, 0.15) is 0 Å². The number of methoxy groups -OCH3 is 1. The van der Waals surface area contributed by atoms with Gasteiger partial charge in [-0.2, -0.15) is 0 Å². The average molecular weight is 218 g/mol. The standard InChI is InChI=1S/C13H18N2O/c1-8-13-11(5-6-14-8)10-4-3-9(16-2)7-12(10)15-13/h3-4,8-9,14-15H,5-7H2,1-2H3. The smallest absolute Gasteiger partial charge is 0.0810 e. The van der Waals surface area contributed by atoms with Crippen molar-refractivity contribution in [1.82, 2.24) is 10.3 Å². The van der Waals surface area contributed by atoms with Crippen LogP contribution in [-0.4, -0.2) is 24.7 Å². The Morgan fingerprint density at radius 2 is 2.31 bits per heavy atom. The first kappa shape index (κ1) is 10.1. The largest absolute Gasteiger partial charge is 0.377 e.